The molecule has 2 fully saturated rings. The zero-order chi connectivity index (χ0) is 19.2. The minimum Gasteiger partial charge on any atom is -0.444 e. The van der Waals surface area contributed by atoms with Gasteiger partial charge in [0.25, 0.3) is 0 Å². The summed E-state index contributed by atoms with van der Waals surface area (Å²) in [5.41, 5.74) is 0.304. The molecule has 1 aromatic carbocycles. The summed E-state index contributed by atoms with van der Waals surface area (Å²) >= 11 is 3.55. The monoisotopic (exact) mass is 432 g/mol. The third-order valence-corrected chi connectivity index (χ3v) is 5.92. The fraction of sp³-hybridized carbons (Fsp3) is 0.550. The summed E-state index contributed by atoms with van der Waals surface area (Å²) < 4.78 is 6.68. The van der Waals surface area contributed by atoms with Gasteiger partial charge in [0.2, 0.25) is 0 Å². The van der Waals surface area contributed by atoms with Crippen LogP contribution in [0.2, 0.25) is 0 Å². The van der Waals surface area contributed by atoms with Crippen molar-refractivity contribution in [2.24, 2.45) is 0 Å². The van der Waals surface area contributed by atoms with Crippen LogP contribution in [0.5, 0.6) is 0 Å². The Balaban J connectivity index is 1.62. The summed E-state index contributed by atoms with van der Waals surface area (Å²) in [7, 11) is 0. The molecule has 0 radical (unpaired) electrons. The maximum atomic E-state index is 12.8. The first-order chi connectivity index (χ1) is 12.8. The number of anilines is 1. The molecule has 1 saturated heterocycles. The van der Waals surface area contributed by atoms with Crippen LogP contribution in [0.25, 0.3) is 10.9 Å². The van der Waals surface area contributed by atoms with Crippen LogP contribution >= 0.6 is 15.9 Å². The Kier molecular flexibility index (Phi) is 4.53. The molecule has 7 heteroatoms. The Morgan fingerprint density at radius 3 is 2.67 bits per heavy atom. The van der Waals surface area contributed by atoms with E-state index in [4.69, 9.17) is 4.74 Å². The number of ether oxygens (including phenoxy) is 1. The number of hydrogen-bond donors (Lipinski definition) is 0. The van der Waals surface area contributed by atoms with Gasteiger partial charge in [0.1, 0.15) is 17.7 Å². The molecule has 6 nitrogen and oxygen atoms in total. The fourth-order valence-corrected chi connectivity index (χ4v) is 4.40. The number of rotatable bonds is 1. The largest absolute Gasteiger partial charge is 0.444 e. The number of aromatic nitrogens is 2. The van der Waals surface area contributed by atoms with Crippen molar-refractivity contribution < 1.29 is 9.53 Å². The molecule has 0 unspecified atom stereocenters. The molecule has 1 amide bonds. The van der Waals surface area contributed by atoms with Gasteiger partial charge in [-0.15, -0.1) is 0 Å². The van der Waals surface area contributed by atoms with Crippen LogP contribution in [-0.4, -0.2) is 51.7 Å². The van der Waals surface area contributed by atoms with Gasteiger partial charge < -0.3 is 9.64 Å². The predicted molar refractivity (Wildman–Crippen MR) is 109 cm³/mol. The van der Waals surface area contributed by atoms with Crippen molar-refractivity contribution in [1.29, 1.82) is 0 Å². The molecular weight excluding hydrogens is 408 g/mol. The number of benzene rings is 1. The average Bonchev–Trinajstić information content (AvgIpc) is 2.57. The van der Waals surface area contributed by atoms with Gasteiger partial charge in [-0.25, -0.2) is 14.8 Å². The van der Waals surface area contributed by atoms with Gasteiger partial charge in [-0.05, 0) is 58.2 Å². The Morgan fingerprint density at radius 2 is 2.00 bits per heavy atom. The number of fused-ring (bicyclic) bond motifs is 1. The smallest absolute Gasteiger partial charge is 0.410 e. The summed E-state index contributed by atoms with van der Waals surface area (Å²) in [6.07, 6.45) is 4.59. The molecule has 144 valence electrons. The SMILES string of the molecule is CC(C)(C)OC(=O)N1CCN(c2ncnc3ccc(Br)cc23)CC12CCC2. The van der Waals surface area contributed by atoms with Gasteiger partial charge in [0.15, 0.2) is 0 Å². The van der Waals surface area contributed by atoms with Gasteiger partial charge in [0.05, 0.1) is 11.1 Å². The van der Waals surface area contributed by atoms with E-state index in [2.05, 4.69) is 36.9 Å². The summed E-state index contributed by atoms with van der Waals surface area (Å²) in [6, 6.07) is 6.06. The zero-order valence-electron chi connectivity index (χ0n) is 16.0. The Hall–Kier alpha value is -1.89. The molecule has 1 spiro atoms. The van der Waals surface area contributed by atoms with E-state index in [0.29, 0.717) is 6.54 Å². The van der Waals surface area contributed by atoms with Crippen molar-refractivity contribution in [2.75, 3.05) is 24.5 Å². The highest BCUT2D eigenvalue weighted by atomic mass is 79.9. The Bertz CT molecular complexity index is 876. The molecule has 0 atom stereocenters. The van der Waals surface area contributed by atoms with Crippen molar-refractivity contribution in [3.05, 3.63) is 29.0 Å². The van der Waals surface area contributed by atoms with Gasteiger partial charge in [-0.1, -0.05) is 15.9 Å². The van der Waals surface area contributed by atoms with E-state index in [1.165, 1.54) is 0 Å². The molecule has 27 heavy (non-hydrogen) atoms. The molecule has 0 N–H and O–H groups in total. The Morgan fingerprint density at radius 1 is 1.22 bits per heavy atom. The predicted octanol–water partition coefficient (Wildman–Crippen LogP) is 4.37. The van der Waals surface area contributed by atoms with Crippen LogP contribution in [0.4, 0.5) is 10.6 Å². The number of nitrogens with zero attached hydrogens (tertiary/aromatic N) is 4. The van der Waals surface area contributed by atoms with Crippen molar-refractivity contribution >= 4 is 38.7 Å². The number of carbonyl (C=O) groups is 1. The van der Waals surface area contributed by atoms with Crippen molar-refractivity contribution in [3.63, 3.8) is 0 Å². The second-order valence-electron chi connectivity index (χ2n) is 8.49. The lowest BCUT2D eigenvalue weighted by Crippen LogP contribution is -2.67. The van der Waals surface area contributed by atoms with Gasteiger partial charge in [0, 0.05) is 29.5 Å². The summed E-state index contributed by atoms with van der Waals surface area (Å²) in [6.45, 7) is 7.91. The van der Waals surface area contributed by atoms with Gasteiger partial charge in [-0.2, -0.15) is 0 Å². The third-order valence-electron chi connectivity index (χ3n) is 5.43. The lowest BCUT2D eigenvalue weighted by molar-refractivity contribution is -0.0311. The average molecular weight is 433 g/mol. The number of piperazine rings is 1. The second kappa shape index (κ2) is 6.62. The number of halogens is 1. The standard InChI is InChI=1S/C20H25BrN4O2/c1-19(2,3)27-18(26)25-10-9-24(12-20(25)7-4-8-20)17-15-11-14(21)5-6-16(15)22-13-23-17/h5-6,11,13H,4,7-10,12H2,1-3H3. The van der Waals surface area contributed by atoms with Gasteiger partial charge >= 0.3 is 6.09 Å². The molecule has 1 aliphatic heterocycles. The normalized spacial score (nSPS) is 19.3. The maximum Gasteiger partial charge on any atom is 0.410 e. The first-order valence-electron chi connectivity index (χ1n) is 9.43. The fourth-order valence-electron chi connectivity index (χ4n) is 4.04. The lowest BCUT2D eigenvalue weighted by Gasteiger charge is -2.55. The van der Waals surface area contributed by atoms with E-state index < -0.39 is 5.60 Å². The molecule has 2 aliphatic rings. The van der Waals surface area contributed by atoms with E-state index in [1.807, 2.05) is 37.8 Å². The Labute approximate surface area is 168 Å². The number of amides is 1. The van der Waals surface area contributed by atoms with Crippen molar-refractivity contribution in [2.45, 2.75) is 51.2 Å². The van der Waals surface area contributed by atoms with E-state index in [0.717, 1.165) is 53.5 Å². The van der Waals surface area contributed by atoms with Crippen LogP contribution in [0.3, 0.4) is 0 Å². The summed E-state index contributed by atoms with van der Waals surface area (Å²) in [5.74, 6) is 0.941. The van der Waals surface area contributed by atoms with Crippen molar-refractivity contribution in [3.8, 4) is 0 Å². The quantitative estimate of drug-likeness (QED) is 0.669. The van der Waals surface area contributed by atoms with Crippen LogP contribution in [-0.2, 0) is 4.74 Å². The van der Waals surface area contributed by atoms with Crippen LogP contribution < -0.4 is 4.90 Å². The first-order valence-corrected chi connectivity index (χ1v) is 10.2. The third kappa shape index (κ3) is 3.49. The van der Waals surface area contributed by atoms with Crippen LogP contribution in [0, 0.1) is 0 Å². The summed E-state index contributed by atoms with van der Waals surface area (Å²) in [4.78, 5) is 26.0. The maximum absolute atomic E-state index is 12.8. The van der Waals surface area contributed by atoms with Crippen LogP contribution in [0.15, 0.2) is 29.0 Å². The molecule has 4 rings (SSSR count). The molecule has 1 aromatic heterocycles. The zero-order valence-corrected chi connectivity index (χ0v) is 17.6. The van der Waals surface area contributed by atoms with E-state index in [-0.39, 0.29) is 11.6 Å². The topological polar surface area (TPSA) is 58.6 Å². The van der Waals surface area contributed by atoms with E-state index in [9.17, 15) is 4.79 Å². The highest BCUT2D eigenvalue weighted by molar-refractivity contribution is 9.10. The summed E-state index contributed by atoms with van der Waals surface area (Å²) in [5, 5.41) is 1.03. The lowest BCUT2D eigenvalue weighted by atomic mass is 9.74. The minimum absolute atomic E-state index is 0.149. The minimum atomic E-state index is -0.478. The molecular formula is C20H25BrN4O2. The molecule has 1 saturated carbocycles. The van der Waals surface area contributed by atoms with Crippen molar-refractivity contribution in [1.82, 2.24) is 14.9 Å². The first kappa shape index (κ1) is 18.5. The molecule has 0 bridgehead atoms. The second-order valence-corrected chi connectivity index (χ2v) is 9.41. The highest BCUT2D eigenvalue weighted by Crippen LogP contribution is 2.42. The van der Waals surface area contributed by atoms with E-state index >= 15 is 0 Å². The molecule has 2 aromatic rings. The van der Waals surface area contributed by atoms with E-state index in [1.54, 1.807) is 6.33 Å². The highest BCUT2D eigenvalue weighted by Gasteiger charge is 2.50. The number of hydrogen-bond acceptors (Lipinski definition) is 5. The van der Waals surface area contributed by atoms with Gasteiger partial charge in [-0.3, -0.25) is 4.90 Å². The molecule has 1 aliphatic carbocycles. The molecule has 2 heterocycles. The van der Waals surface area contributed by atoms with Crippen LogP contribution in [0.1, 0.15) is 40.0 Å². The number of carbonyl (C=O) groups excluding carboxylic acids is 1.